The first kappa shape index (κ1) is 37.8. The molecule has 252 valence electrons. The van der Waals surface area contributed by atoms with Gasteiger partial charge in [0.25, 0.3) is 0 Å². The minimum absolute atomic E-state index is 0. The van der Waals surface area contributed by atoms with Crippen molar-refractivity contribution in [3.63, 3.8) is 0 Å². The molecule has 0 radical (unpaired) electrons. The van der Waals surface area contributed by atoms with Crippen LogP contribution < -0.4 is 24.8 Å². The Kier molecular flexibility index (Phi) is 12.2. The monoisotopic (exact) mass is 824 g/mol. The van der Waals surface area contributed by atoms with E-state index in [1.165, 1.54) is 93.1 Å². The van der Waals surface area contributed by atoms with Gasteiger partial charge < -0.3 is 24.8 Å². The van der Waals surface area contributed by atoms with Crippen LogP contribution in [0.5, 0.6) is 0 Å². The van der Waals surface area contributed by atoms with Gasteiger partial charge in [0.2, 0.25) is 0 Å². The molecular weight excluding hydrogens is 798 g/mol. The summed E-state index contributed by atoms with van der Waals surface area (Å²) in [6.07, 6.45) is 1.02. The molecule has 0 saturated carbocycles. The third kappa shape index (κ3) is 7.45. The maximum absolute atomic E-state index is 6.38. The zero-order valence-corrected chi connectivity index (χ0v) is 33.4. The molecule has 0 atom stereocenters. The summed E-state index contributed by atoms with van der Waals surface area (Å²) in [5.74, 6) is 0. The van der Waals surface area contributed by atoms with Crippen molar-refractivity contribution in [2.24, 2.45) is 0 Å². The van der Waals surface area contributed by atoms with E-state index in [-0.39, 0.29) is 24.8 Å². The smallest absolute Gasteiger partial charge is 0.0240 e. The third-order valence-corrected chi connectivity index (χ3v) is 11.1. The predicted octanol–water partition coefficient (Wildman–Crippen LogP) is 7.19. The summed E-state index contributed by atoms with van der Waals surface area (Å²) in [5, 5.41) is 11.6. The Balaban J connectivity index is 0.000000153. The molecule has 0 spiro atoms. The molecule has 0 saturated heterocycles. The molecule has 0 unspecified atom stereocenters. The van der Waals surface area contributed by atoms with Crippen LogP contribution in [0.15, 0.2) is 170 Å². The summed E-state index contributed by atoms with van der Waals surface area (Å²) >= 11 is 14.1. The average molecular weight is 828 g/mol. The number of fused-ring (bicyclic) bond motifs is 10. The fourth-order valence-electron chi connectivity index (χ4n) is 7.16. The fourth-order valence-corrected chi connectivity index (χ4v) is 8.63. The van der Waals surface area contributed by atoms with E-state index in [2.05, 4.69) is 115 Å². The predicted molar refractivity (Wildman–Crippen MR) is 212 cm³/mol. The second-order valence-corrected chi connectivity index (χ2v) is 14.5. The second kappa shape index (κ2) is 16.8. The number of halogens is 4. The first-order valence-electron chi connectivity index (χ1n) is 16.6. The van der Waals surface area contributed by atoms with E-state index in [0.29, 0.717) is 0 Å². The molecule has 1 aliphatic rings. The fraction of sp³-hybridized carbons (Fsp3) is 0.0213. The molecule has 0 nitrogen and oxygen atoms in total. The van der Waals surface area contributed by atoms with Crippen molar-refractivity contribution in [3.05, 3.63) is 208 Å². The molecule has 52 heavy (non-hydrogen) atoms. The second-order valence-electron chi connectivity index (χ2n) is 12.4. The molecule has 0 aliphatic heterocycles. The molecule has 0 N–H and O–H groups in total. The maximum Gasteiger partial charge on any atom is -0.0240 e. The molecule has 0 aromatic heterocycles. The van der Waals surface area contributed by atoms with Crippen molar-refractivity contribution in [1.29, 1.82) is 0 Å². The van der Waals surface area contributed by atoms with Crippen LogP contribution in [0.4, 0.5) is 0 Å². The van der Waals surface area contributed by atoms with E-state index < -0.39 is 0 Å². The van der Waals surface area contributed by atoms with Gasteiger partial charge in [-0.05, 0) is 28.5 Å². The van der Waals surface area contributed by atoms with Gasteiger partial charge in [0, 0.05) is 0 Å². The Morgan fingerprint density at radius 3 is 1.67 bits per heavy atom. The number of hydrogen-bond donors (Lipinski definition) is 0. The zero-order chi connectivity index (χ0) is 34.0. The normalized spacial score (nSPS) is 11.0. The van der Waals surface area contributed by atoms with Crippen molar-refractivity contribution in [2.75, 3.05) is 0 Å². The summed E-state index contributed by atoms with van der Waals surface area (Å²) in [7, 11) is 0. The molecule has 10 rings (SSSR count). The van der Waals surface area contributed by atoms with Gasteiger partial charge in [0.1, 0.15) is 0 Å². The molecule has 0 amide bonds. The topological polar surface area (TPSA) is 0 Å². The maximum atomic E-state index is 6.38. The first-order valence-corrected chi connectivity index (χ1v) is 18.6. The summed E-state index contributed by atoms with van der Waals surface area (Å²) < 4.78 is 1.26. The minimum Gasteiger partial charge on any atom is -1.00 e. The van der Waals surface area contributed by atoms with Crippen LogP contribution in [0.3, 0.4) is 0 Å². The van der Waals surface area contributed by atoms with E-state index in [4.69, 9.17) is 23.2 Å². The Morgan fingerprint density at radius 2 is 1.08 bits per heavy atom. The van der Waals surface area contributed by atoms with Gasteiger partial charge in [-0.25, -0.2) is 12.1 Å². The largest absolute Gasteiger partial charge is 1.00 e. The summed E-state index contributed by atoms with van der Waals surface area (Å²) in [6, 6.07) is 62.2. The van der Waals surface area contributed by atoms with E-state index in [0.717, 1.165) is 27.2 Å². The average Bonchev–Trinajstić information content (AvgIpc) is 3.87. The first-order chi connectivity index (χ1) is 24.6. The summed E-state index contributed by atoms with van der Waals surface area (Å²) in [4.78, 5) is 0. The Labute approximate surface area is 341 Å². The molecule has 0 bridgehead atoms. The van der Waals surface area contributed by atoms with Crippen molar-refractivity contribution >= 4 is 69.5 Å². The van der Waals surface area contributed by atoms with Gasteiger partial charge >= 0.3 is 166 Å². The third-order valence-electron chi connectivity index (χ3n) is 9.35. The number of benzene rings is 8. The summed E-state index contributed by atoms with van der Waals surface area (Å²) in [5.41, 5.74) is 8.04. The van der Waals surface area contributed by atoms with E-state index in [9.17, 15) is 0 Å². The van der Waals surface area contributed by atoms with Gasteiger partial charge in [-0.15, -0.1) is 40.6 Å². The summed E-state index contributed by atoms with van der Waals surface area (Å²) in [6.45, 7) is 0. The molecule has 1 aliphatic carbocycles. The SMILES string of the molecule is Clc1cc([C](=[Zr+2])c2cc(Cl)cc3ccccc23)c2ccccc2c1.[Cl-].[Cl-].[c-]1cccc2c1c1c(c3ccccc32)-c2ccccc2C1.c1cc[cH-]c1. The van der Waals surface area contributed by atoms with Gasteiger partial charge in [0.05, 0.1) is 0 Å². The van der Waals surface area contributed by atoms with Crippen LogP contribution in [0.25, 0.3) is 54.2 Å². The van der Waals surface area contributed by atoms with Gasteiger partial charge in [0.15, 0.2) is 0 Å². The van der Waals surface area contributed by atoms with Gasteiger partial charge in [-0.2, -0.15) is 18.2 Å². The van der Waals surface area contributed by atoms with Crippen LogP contribution in [0, 0.1) is 6.07 Å². The van der Waals surface area contributed by atoms with E-state index in [1.807, 2.05) is 60.7 Å². The zero-order valence-electron chi connectivity index (χ0n) is 27.9. The van der Waals surface area contributed by atoms with Gasteiger partial charge in [-0.3, -0.25) is 0 Å². The molecular formula is C47H30Cl4Zr-2. The van der Waals surface area contributed by atoms with E-state index >= 15 is 0 Å². The molecule has 0 fully saturated rings. The van der Waals surface area contributed by atoms with Crippen molar-refractivity contribution in [1.82, 2.24) is 0 Å². The Morgan fingerprint density at radius 1 is 0.558 bits per heavy atom. The van der Waals surface area contributed by atoms with Crippen LogP contribution >= 0.6 is 23.2 Å². The van der Waals surface area contributed by atoms with Gasteiger partial charge in [-0.1, -0.05) is 53.9 Å². The molecule has 0 heterocycles. The van der Waals surface area contributed by atoms with Crippen LogP contribution in [0.1, 0.15) is 22.3 Å². The molecule has 5 heteroatoms. The van der Waals surface area contributed by atoms with Crippen LogP contribution in [-0.2, 0) is 30.7 Å². The van der Waals surface area contributed by atoms with Crippen molar-refractivity contribution in [2.45, 2.75) is 6.42 Å². The number of rotatable bonds is 2. The van der Waals surface area contributed by atoms with Crippen molar-refractivity contribution in [3.8, 4) is 11.1 Å². The van der Waals surface area contributed by atoms with Crippen LogP contribution in [0.2, 0.25) is 10.0 Å². The number of hydrogen-bond acceptors (Lipinski definition) is 0. The van der Waals surface area contributed by atoms with Crippen LogP contribution in [-0.4, -0.2) is 3.21 Å². The van der Waals surface area contributed by atoms with E-state index in [1.54, 1.807) is 0 Å². The molecule has 9 aromatic rings. The molecule has 9 aromatic carbocycles. The Bertz CT molecular complexity index is 2570. The standard InChI is InChI=1S/C21H12Cl2.C21H13.C5H5.2ClH.Zr/c22-18-10-14-5-1-3-7-20(14)16(12-18)9-17-13-19(23)11-15-6-2-4-8-21(15)17;1-2-8-15-14(7-1)13-20-18-11-4-3-9-16(18)17-10-5-6-12-19(17)21(15)20;1-2-4-5-3-1;;;/h1-8,10-13H;1-10,12H,13H2;1-5H;2*1H;/q;2*-1;;;+2/p-2. The van der Waals surface area contributed by atoms with Crippen molar-refractivity contribution < 1.29 is 49.0 Å². The minimum atomic E-state index is 0. The Hall–Kier alpha value is -3.94. The quantitative estimate of drug-likeness (QED) is 0.128.